The second-order valence-electron chi connectivity index (χ2n) is 6.00. The van der Waals surface area contributed by atoms with Crippen LogP contribution in [-0.4, -0.2) is 41.3 Å². The van der Waals surface area contributed by atoms with Crippen LogP contribution >= 0.6 is 0 Å². The van der Waals surface area contributed by atoms with E-state index in [1.807, 2.05) is 0 Å². The van der Waals surface area contributed by atoms with Gasteiger partial charge in [0, 0.05) is 13.0 Å². The summed E-state index contributed by atoms with van der Waals surface area (Å²) in [6.45, 7) is 2.43. The molecule has 6 nitrogen and oxygen atoms in total. The summed E-state index contributed by atoms with van der Waals surface area (Å²) in [6, 6.07) is 0. The monoisotopic (exact) mass is 270 g/mol. The standard InChI is InChI=1S/C13H22N2O4/c1-9-3-2-4-12(14,7-9)10(16)15-13(11(17)18)5-6-19-8-13/h9H,2-8,14H2,1H3,(H,15,16)(H,17,18). The van der Waals surface area contributed by atoms with E-state index in [-0.39, 0.29) is 12.5 Å². The Labute approximate surface area is 112 Å². The van der Waals surface area contributed by atoms with Crippen LogP contribution in [0.2, 0.25) is 0 Å². The van der Waals surface area contributed by atoms with Crippen molar-refractivity contribution in [3.8, 4) is 0 Å². The molecule has 0 radical (unpaired) electrons. The number of nitrogens with one attached hydrogen (secondary N) is 1. The predicted octanol–water partition coefficient (Wildman–Crippen LogP) is 0.254. The molecule has 0 aromatic carbocycles. The van der Waals surface area contributed by atoms with Crippen molar-refractivity contribution in [1.82, 2.24) is 5.32 Å². The molecule has 1 saturated heterocycles. The summed E-state index contributed by atoms with van der Waals surface area (Å²) in [5.74, 6) is -1.01. The Morgan fingerprint density at radius 2 is 2.16 bits per heavy atom. The summed E-state index contributed by atoms with van der Waals surface area (Å²) in [5.41, 5.74) is 3.94. The summed E-state index contributed by atoms with van der Waals surface area (Å²) in [6.07, 6.45) is 3.48. The van der Waals surface area contributed by atoms with Crippen LogP contribution < -0.4 is 11.1 Å². The van der Waals surface area contributed by atoms with Crippen LogP contribution in [0.3, 0.4) is 0 Å². The average molecular weight is 270 g/mol. The lowest BCUT2D eigenvalue weighted by Gasteiger charge is -2.37. The van der Waals surface area contributed by atoms with Crippen molar-refractivity contribution in [2.45, 2.75) is 50.1 Å². The third-order valence-electron chi connectivity index (χ3n) is 4.27. The van der Waals surface area contributed by atoms with E-state index >= 15 is 0 Å². The highest BCUT2D eigenvalue weighted by atomic mass is 16.5. The van der Waals surface area contributed by atoms with E-state index in [2.05, 4.69) is 12.2 Å². The topological polar surface area (TPSA) is 102 Å². The van der Waals surface area contributed by atoms with Gasteiger partial charge in [-0.25, -0.2) is 4.79 Å². The molecule has 2 aliphatic rings. The Balaban J connectivity index is 2.09. The van der Waals surface area contributed by atoms with Gasteiger partial charge >= 0.3 is 5.97 Å². The lowest BCUT2D eigenvalue weighted by molar-refractivity contribution is -0.149. The molecule has 1 aliphatic carbocycles. The summed E-state index contributed by atoms with van der Waals surface area (Å²) in [7, 11) is 0. The average Bonchev–Trinajstić information content (AvgIpc) is 2.78. The Hall–Kier alpha value is -1.14. The fourth-order valence-electron chi connectivity index (χ4n) is 3.03. The largest absolute Gasteiger partial charge is 0.479 e. The van der Waals surface area contributed by atoms with E-state index in [4.69, 9.17) is 10.5 Å². The number of carboxylic acids is 1. The molecule has 6 heteroatoms. The van der Waals surface area contributed by atoms with Crippen LogP contribution in [0.5, 0.6) is 0 Å². The van der Waals surface area contributed by atoms with Crippen molar-refractivity contribution in [3.05, 3.63) is 0 Å². The van der Waals surface area contributed by atoms with Crippen LogP contribution in [0, 0.1) is 5.92 Å². The lowest BCUT2D eigenvalue weighted by Crippen LogP contribution is -2.64. The van der Waals surface area contributed by atoms with Gasteiger partial charge in [0.25, 0.3) is 0 Å². The maximum Gasteiger partial charge on any atom is 0.331 e. The van der Waals surface area contributed by atoms with Crippen LogP contribution in [-0.2, 0) is 14.3 Å². The molecule has 2 fully saturated rings. The van der Waals surface area contributed by atoms with E-state index in [0.717, 1.165) is 12.8 Å². The second-order valence-corrected chi connectivity index (χ2v) is 6.00. The predicted molar refractivity (Wildman–Crippen MR) is 68.5 cm³/mol. The smallest absolute Gasteiger partial charge is 0.331 e. The van der Waals surface area contributed by atoms with E-state index in [0.29, 0.717) is 31.8 Å². The van der Waals surface area contributed by atoms with Crippen molar-refractivity contribution >= 4 is 11.9 Å². The van der Waals surface area contributed by atoms with Gasteiger partial charge in [0.2, 0.25) is 5.91 Å². The number of carboxylic acid groups (broad SMARTS) is 1. The first-order valence-corrected chi connectivity index (χ1v) is 6.81. The molecular formula is C13H22N2O4. The zero-order valence-electron chi connectivity index (χ0n) is 11.3. The number of amides is 1. The molecule has 0 spiro atoms. The SMILES string of the molecule is CC1CCCC(N)(C(=O)NC2(C(=O)O)CCOC2)C1. The molecule has 1 amide bonds. The van der Waals surface area contributed by atoms with Crippen LogP contribution in [0.25, 0.3) is 0 Å². The first-order valence-electron chi connectivity index (χ1n) is 6.81. The van der Waals surface area contributed by atoms with Crippen molar-refractivity contribution in [2.24, 2.45) is 11.7 Å². The van der Waals surface area contributed by atoms with Crippen molar-refractivity contribution in [2.75, 3.05) is 13.2 Å². The molecule has 19 heavy (non-hydrogen) atoms. The fraction of sp³-hybridized carbons (Fsp3) is 0.846. The highest BCUT2D eigenvalue weighted by molar-refractivity contribution is 5.92. The first-order chi connectivity index (χ1) is 8.88. The van der Waals surface area contributed by atoms with Gasteiger partial charge in [-0.15, -0.1) is 0 Å². The molecule has 0 bridgehead atoms. The van der Waals surface area contributed by atoms with Crippen LogP contribution in [0.1, 0.15) is 39.0 Å². The number of hydrogen-bond acceptors (Lipinski definition) is 4. The van der Waals surface area contributed by atoms with Crippen molar-refractivity contribution < 1.29 is 19.4 Å². The minimum Gasteiger partial charge on any atom is -0.479 e. The van der Waals surface area contributed by atoms with Gasteiger partial charge in [-0.3, -0.25) is 4.79 Å². The highest BCUT2D eigenvalue weighted by Gasteiger charge is 2.48. The van der Waals surface area contributed by atoms with Gasteiger partial charge < -0.3 is 20.9 Å². The van der Waals surface area contributed by atoms with Crippen molar-refractivity contribution in [3.63, 3.8) is 0 Å². The molecular weight excluding hydrogens is 248 g/mol. The Morgan fingerprint density at radius 1 is 1.42 bits per heavy atom. The molecule has 4 N–H and O–H groups in total. The van der Waals surface area contributed by atoms with E-state index in [1.165, 1.54) is 0 Å². The van der Waals surface area contributed by atoms with E-state index in [1.54, 1.807) is 0 Å². The molecule has 108 valence electrons. The molecule has 0 aromatic rings. The zero-order valence-corrected chi connectivity index (χ0v) is 11.3. The third-order valence-corrected chi connectivity index (χ3v) is 4.27. The number of carbonyl (C=O) groups is 2. The molecule has 1 saturated carbocycles. The minimum absolute atomic E-state index is 0.0136. The number of aliphatic carboxylic acids is 1. The zero-order chi connectivity index (χ0) is 14.1. The summed E-state index contributed by atoms with van der Waals surface area (Å²) < 4.78 is 5.13. The lowest BCUT2D eigenvalue weighted by atomic mass is 9.76. The fourth-order valence-corrected chi connectivity index (χ4v) is 3.03. The Bertz CT molecular complexity index is 379. The Morgan fingerprint density at radius 3 is 2.68 bits per heavy atom. The van der Waals surface area contributed by atoms with Gasteiger partial charge in [-0.2, -0.15) is 0 Å². The Kier molecular flexibility index (Phi) is 3.82. The van der Waals surface area contributed by atoms with Crippen molar-refractivity contribution in [1.29, 1.82) is 0 Å². The number of rotatable bonds is 3. The summed E-state index contributed by atoms with van der Waals surface area (Å²) in [5, 5.41) is 11.9. The molecule has 3 unspecified atom stereocenters. The van der Waals surface area contributed by atoms with Gasteiger partial charge in [-0.1, -0.05) is 19.8 Å². The van der Waals surface area contributed by atoms with Gasteiger partial charge in [0.1, 0.15) is 0 Å². The number of carbonyl (C=O) groups excluding carboxylic acids is 1. The van der Waals surface area contributed by atoms with E-state index < -0.39 is 17.0 Å². The molecule has 1 aliphatic heterocycles. The summed E-state index contributed by atoms with van der Waals surface area (Å²) in [4.78, 5) is 23.8. The quantitative estimate of drug-likeness (QED) is 0.682. The number of nitrogens with two attached hydrogens (primary N) is 1. The van der Waals surface area contributed by atoms with Gasteiger partial charge in [0.15, 0.2) is 5.54 Å². The third kappa shape index (κ3) is 2.74. The maximum atomic E-state index is 12.4. The highest BCUT2D eigenvalue weighted by Crippen LogP contribution is 2.31. The molecule has 0 aromatic heterocycles. The maximum absolute atomic E-state index is 12.4. The molecule has 2 rings (SSSR count). The van der Waals surface area contributed by atoms with Crippen LogP contribution in [0.4, 0.5) is 0 Å². The normalized spacial score (nSPS) is 38.9. The number of ether oxygens (including phenoxy) is 1. The second kappa shape index (κ2) is 5.09. The van der Waals surface area contributed by atoms with Crippen LogP contribution in [0.15, 0.2) is 0 Å². The first kappa shape index (κ1) is 14.3. The van der Waals surface area contributed by atoms with Gasteiger partial charge in [0.05, 0.1) is 12.1 Å². The molecule has 3 atom stereocenters. The minimum atomic E-state index is -1.30. The number of hydrogen-bond donors (Lipinski definition) is 3. The molecule has 1 heterocycles. The van der Waals surface area contributed by atoms with E-state index in [9.17, 15) is 14.7 Å². The summed E-state index contributed by atoms with van der Waals surface area (Å²) >= 11 is 0. The van der Waals surface area contributed by atoms with Gasteiger partial charge in [-0.05, 0) is 18.8 Å².